The van der Waals surface area contributed by atoms with E-state index in [0.29, 0.717) is 0 Å². The Morgan fingerprint density at radius 3 is 2.39 bits per heavy atom. The number of nitrogens with one attached hydrogen (secondary N) is 1. The number of carboxylic acid groups (broad SMARTS) is 1. The summed E-state index contributed by atoms with van der Waals surface area (Å²) in [5.41, 5.74) is -0.381. The van der Waals surface area contributed by atoms with E-state index < -0.39 is 19.8 Å². The molecule has 0 amide bonds. The first-order chi connectivity index (χ1) is 8.04. The Bertz CT molecular complexity index is 514. The second-order valence-electron chi connectivity index (χ2n) is 5.75. The number of aromatic amines is 1. The zero-order valence-electron chi connectivity index (χ0n) is 11.3. The Labute approximate surface area is 107 Å². The molecule has 0 spiro atoms. The van der Waals surface area contributed by atoms with E-state index in [1.807, 2.05) is 13.1 Å². The predicted molar refractivity (Wildman–Crippen MR) is 71.8 cm³/mol. The second-order valence-corrected chi connectivity index (χ2v) is 10.5. The molecule has 100 valence electrons. The number of hydrogen-bond acceptors (Lipinski definition) is 3. The first-order valence-corrected chi connectivity index (χ1v) is 8.60. The van der Waals surface area contributed by atoms with Gasteiger partial charge in [-0.2, -0.15) is 0 Å². The zero-order chi connectivity index (χ0) is 14.1. The largest absolute Gasteiger partial charge is 0.540 e. The van der Waals surface area contributed by atoms with Crippen molar-refractivity contribution in [1.82, 2.24) is 4.98 Å². The lowest BCUT2D eigenvalue weighted by atomic mass is 10.2. The summed E-state index contributed by atoms with van der Waals surface area (Å²) in [6, 6.07) is 1.28. The number of aromatic nitrogens is 1. The number of H-pyrrole nitrogens is 1. The van der Waals surface area contributed by atoms with Gasteiger partial charge in [0.15, 0.2) is 5.75 Å². The average Bonchev–Trinajstić information content (AvgIpc) is 2.18. The number of aromatic carboxylic acids is 1. The number of carbonyl (C=O) groups is 1. The summed E-state index contributed by atoms with van der Waals surface area (Å²) in [7, 11) is -2.15. The summed E-state index contributed by atoms with van der Waals surface area (Å²) >= 11 is 0. The first kappa shape index (κ1) is 14.5. The Kier molecular flexibility index (Phi) is 3.71. The molecular formula is C12H19NO4Si. The van der Waals surface area contributed by atoms with E-state index in [9.17, 15) is 9.59 Å². The average molecular weight is 269 g/mol. The lowest BCUT2D eigenvalue weighted by Gasteiger charge is -2.36. The van der Waals surface area contributed by atoms with Crippen molar-refractivity contribution in [1.29, 1.82) is 0 Å². The van der Waals surface area contributed by atoms with Gasteiger partial charge in [-0.25, -0.2) is 4.79 Å². The number of carboxylic acids is 1. The third-order valence-electron chi connectivity index (χ3n) is 3.29. The van der Waals surface area contributed by atoms with Crippen LogP contribution in [0.3, 0.4) is 0 Å². The van der Waals surface area contributed by atoms with Crippen LogP contribution >= 0.6 is 0 Å². The highest BCUT2D eigenvalue weighted by Crippen LogP contribution is 2.36. The van der Waals surface area contributed by atoms with Crippen molar-refractivity contribution in [3.8, 4) is 5.75 Å². The lowest BCUT2D eigenvalue weighted by Crippen LogP contribution is -2.45. The van der Waals surface area contributed by atoms with Crippen LogP contribution in [0.5, 0.6) is 5.75 Å². The van der Waals surface area contributed by atoms with Gasteiger partial charge in [0.05, 0.1) is 5.56 Å². The molecule has 0 saturated carbocycles. The molecule has 6 heteroatoms. The predicted octanol–water partition coefficient (Wildman–Crippen LogP) is 2.46. The van der Waals surface area contributed by atoms with Gasteiger partial charge in [-0.05, 0) is 18.1 Å². The summed E-state index contributed by atoms with van der Waals surface area (Å²) in [5.74, 6) is -1.01. The fourth-order valence-electron chi connectivity index (χ4n) is 1.09. The lowest BCUT2D eigenvalue weighted by molar-refractivity contribution is 0.0696. The Hall–Kier alpha value is -1.56. The topological polar surface area (TPSA) is 79.4 Å². The standard InChI is InChI=1S/C12H19NO4Si/c1-12(2,3)18(4,5)17-9-6-8(11(15)16)7-13-10(9)14/h6-7H,1-5H3,(H,13,14)(H,15,16). The van der Waals surface area contributed by atoms with Crippen LogP contribution in [-0.2, 0) is 0 Å². The summed E-state index contributed by atoms with van der Waals surface area (Å²) in [6.45, 7) is 10.1. The quantitative estimate of drug-likeness (QED) is 0.826. The maximum Gasteiger partial charge on any atom is 0.337 e. The maximum absolute atomic E-state index is 11.6. The molecule has 1 heterocycles. The molecule has 0 bridgehead atoms. The molecule has 0 aromatic carbocycles. The Morgan fingerprint density at radius 2 is 1.94 bits per heavy atom. The third kappa shape index (κ3) is 3.01. The van der Waals surface area contributed by atoms with Gasteiger partial charge in [0.2, 0.25) is 0 Å². The van der Waals surface area contributed by atoms with Gasteiger partial charge in [0.25, 0.3) is 13.9 Å². The van der Waals surface area contributed by atoms with Crippen molar-refractivity contribution >= 4 is 14.3 Å². The van der Waals surface area contributed by atoms with E-state index in [-0.39, 0.29) is 16.4 Å². The van der Waals surface area contributed by atoms with Gasteiger partial charge in [0.1, 0.15) is 0 Å². The fourth-order valence-corrected chi connectivity index (χ4v) is 2.10. The van der Waals surface area contributed by atoms with E-state index in [1.165, 1.54) is 12.3 Å². The van der Waals surface area contributed by atoms with Crippen LogP contribution < -0.4 is 9.99 Å². The van der Waals surface area contributed by atoms with E-state index in [2.05, 4.69) is 25.8 Å². The van der Waals surface area contributed by atoms with Crippen molar-refractivity contribution in [2.45, 2.75) is 38.9 Å². The number of hydrogen-bond donors (Lipinski definition) is 2. The third-order valence-corrected chi connectivity index (χ3v) is 7.63. The second kappa shape index (κ2) is 4.60. The van der Waals surface area contributed by atoms with Crippen molar-refractivity contribution in [2.75, 3.05) is 0 Å². The maximum atomic E-state index is 11.6. The first-order valence-electron chi connectivity index (χ1n) is 5.69. The molecule has 0 fully saturated rings. The molecule has 0 aliphatic carbocycles. The van der Waals surface area contributed by atoms with E-state index in [1.54, 1.807) is 0 Å². The van der Waals surface area contributed by atoms with Crippen LogP contribution in [0.4, 0.5) is 0 Å². The van der Waals surface area contributed by atoms with Crippen molar-refractivity contribution in [2.24, 2.45) is 0 Å². The van der Waals surface area contributed by atoms with Crippen LogP contribution in [-0.4, -0.2) is 24.4 Å². The number of pyridine rings is 1. The Morgan fingerprint density at radius 1 is 1.39 bits per heavy atom. The molecular weight excluding hydrogens is 250 g/mol. The fraction of sp³-hybridized carbons (Fsp3) is 0.500. The highest BCUT2D eigenvalue weighted by Gasteiger charge is 2.39. The smallest absolute Gasteiger partial charge is 0.337 e. The number of rotatable bonds is 3. The molecule has 0 radical (unpaired) electrons. The van der Waals surface area contributed by atoms with Crippen molar-refractivity contribution in [3.05, 3.63) is 28.2 Å². The molecule has 0 atom stereocenters. The van der Waals surface area contributed by atoms with Crippen LogP contribution in [0.2, 0.25) is 18.1 Å². The van der Waals surface area contributed by atoms with Crippen LogP contribution in [0.25, 0.3) is 0 Å². The van der Waals surface area contributed by atoms with Crippen molar-refractivity contribution < 1.29 is 14.3 Å². The molecule has 5 nitrogen and oxygen atoms in total. The molecule has 1 aromatic rings. The molecule has 18 heavy (non-hydrogen) atoms. The Balaban J connectivity index is 3.16. The van der Waals surface area contributed by atoms with Crippen LogP contribution in [0.15, 0.2) is 17.1 Å². The molecule has 0 saturated heterocycles. The van der Waals surface area contributed by atoms with Gasteiger partial charge in [-0.1, -0.05) is 20.8 Å². The monoisotopic (exact) mass is 269 g/mol. The van der Waals surface area contributed by atoms with E-state index in [0.717, 1.165) is 0 Å². The molecule has 0 aliphatic heterocycles. The van der Waals surface area contributed by atoms with Crippen molar-refractivity contribution in [3.63, 3.8) is 0 Å². The van der Waals surface area contributed by atoms with Gasteiger partial charge < -0.3 is 14.5 Å². The zero-order valence-corrected chi connectivity index (χ0v) is 12.3. The molecule has 0 aliphatic rings. The minimum Gasteiger partial charge on any atom is -0.540 e. The molecule has 1 rings (SSSR count). The highest BCUT2D eigenvalue weighted by atomic mass is 28.4. The summed E-state index contributed by atoms with van der Waals surface area (Å²) in [4.78, 5) is 24.9. The SMILES string of the molecule is CC(C)(C)[Si](C)(C)Oc1cc(C(=O)O)c[nH]c1=O. The summed E-state index contributed by atoms with van der Waals surface area (Å²) in [6.07, 6.45) is 1.17. The van der Waals surface area contributed by atoms with Gasteiger partial charge in [-0.3, -0.25) is 4.79 Å². The van der Waals surface area contributed by atoms with Gasteiger partial charge in [0, 0.05) is 12.3 Å². The van der Waals surface area contributed by atoms with E-state index >= 15 is 0 Å². The van der Waals surface area contributed by atoms with E-state index in [4.69, 9.17) is 9.53 Å². The normalized spacial score (nSPS) is 12.3. The molecule has 1 aromatic heterocycles. The summed E-state index contributed by atoms with van der Waals surface area (Å²) < 4.78 is 5.82. The minimum atomic E-state index is -2.15. The van der Waals surface area contributed by atoms with Crippen LogP contribution in [0.1, 0.15) is 31.1 Å². The van der Waals surface area contributed by atoms with Crippen LogP contribution in [0, 0.1) is 0 Å². The van der Waals surface area contributed by atoms with Gasteiger partial charge in [-0.15, -0.1) is 0 Å². The summed E-state index contributed by atoms with van der Waals surface area (Å²) in [5, 5.41) is 8.84. The van der Waals surface area contributed by atoms with Gasteiger partial charge >= 0.3 is 5.97 Å². The molecule has 0 unspecified atom stereocenters. The minimum absolute atomic E-state index is 0.0170. The highest BCUT2D eigenvalue weighted by molar-refractivity contribution is 6.74. The molecule has 2 N–H and O–H groups in total.